The molecule has 2 unspecified atom stereocenters. The Morgan fingerprint density at radius 1 is 1.05 bits per heavy atom. The molecule has 0 saturated carbocycles. The van der Waals surface area contributed by atoms with Crippen LogP contribution in [0.3, 0.4) is 0 Å². The Balaban J connectivity index is 1.79. The molecule has 0 aromatic heterocycles. The summed E-state index contributed by atoms with van der Waals surface area (Å²) in [4.78, 5) is 0. The minimum absolute atomic E-state index is 0.0792. The maximum atomic E-state index is 6.08. The summed E-state index contributed by atoms with van der Waals surface area (Å²) in [6.45, 7) is 0.807. The Labute approximate surface area is 130 Å². The fourth-order valence-electron chi connectivity index (χ4n) is 2.75. The van der Waals surface area contributed by atoms with Crippen molar-refractivity contribution in [1.82, 2.24) is 0 Å². The van der Waals surface area contributed by atoms with Crippen molar-refractivity contribution < 1.29 is 9.47 Å². The number of hydrogen-bond acceptors (Lipinski definition) is 2. The predicted octanol–water partition coefficient (Wildman–Crippen LogP) is 5.19. The van der Waals surface area contributed by atoms with E-state index in [0.717, 1.165) is 36.5 Å². The first kappa shape index (κ1) is 14.4. The van der Waals surface area contributed by atoms with Crippen molar-refractivity contribution in [3.05, 3.63) is 60.2 Å². The standard InChI is InChI=1S/C18H19ClO2/c19-13-15-7-5-11-20-18(15)14-6-4-10-17(12-14)21-16-8-2-1-3-9-16/h1-4,6,8-10,12,15,18H,5,7,11,13H2. The molecule has 2 atom stereocenters. The molecule has 0 radical (unpaired) electrons. The summed E-state index contributed by atoms with van der Waals surface area (Å²) in [5, 5.41) is 0. The van der Waals surface area contributed by atoms with Gasteiger partial charge in [0.05, 0.1) is 6.10 Å². The van der Waals surface area contributed by atoms with Crippen LogP contribution >= 0.6 is 11.6 Å². The van der Waals surface area contributed by atoms with Crippen molar-refractivity contribution in [1.29, 1.82) is 0 Å². The zero-order chi connectivity index (χ0) is 14.5. The van der Waals surface area contributed by atoms with Gasteiger partial charge in [0.1, 0.15) is 11.5 Å². The van der Waals surface area contributed by atoms with Crippen LogP contribution < -0.4 is 4.74 Å². The van der Waals surface area contributed by atoms with Crippen LogP contribution in [0.4, 0.5) is 0 Å². The van der Waals surface area contributed by atoms with Crippen molar-refractivity contribution in [3.8, 4) is 11.5 Å². The highest BCUT2D eigenvalue weighted by Gasteiger charge is 2.26. The molecule has 2 aromatic carbocycles. The number of para-hydroxylation sites is 1. The lowest BCUT2D eigenvalue weighted by Crippen LogP contribution is -2.23. The molecule has 1 saturated heterocycles. The molecule has 21 heavy (non-hydrogen) atoms. The molecule has 3 heteroatoms. The molecule has 1 heterocycles. The van der Waals surface area contributed by atoms with E-state index in [1.165, 1.54) is 0 Å². The molecule has 0 aliphatic carbocycles. The molecule has 0 N–H and O–H groups in total. The third-order valence-corrected chi connectivity index (χ3v) is 4.20. The van der Waals surface area contributed by atoms with E-state index in [-0.39, 0.29) is 6.10 Å². The number of rotatable bonds is 4. The summed E-state index contributed by atoms with van der Waals surface area (Å²) in [6.07, 6.45) is 2.29. The average molecular weight is 303 g/mol. The zero-order valence-electron chi connectivity index (χ0n) is 11.9. The first-order valence-corrected chi connectivity index (χ1v) is 7.90. The molecule has 1 aliphatic rings. The number of alkyl halides is 1. The van der Waals surface area contributed by atoms with Crippen LogP contribution in [0.2, 0.25) is 0 Å². The summed E-state index contributed by atoms with van der Waals surface area (Å²) in [5.74, 6) is 2.69. The summed E-state index contributed by atoms with van der Waals surface area (Å²) in [5.41, 5.74) is 1.15. The van der Waals surface area contributed by atoms with Gasteiger partial charge in [-0.3, -0.25) is 0 Å². The largest absolute Gasteiger partial charge is 0.457 e. The van der Waals surface area contributed by atoms with E-state index in [9.17, 15) is 0 Å². The summed E-state index contributed by atoms with van der Waals surface area (Å²) >= 11 is 6.08. The SMILES string of the molecule is ClCC1CCCOC1c1cccc(Oc2ccccc2)c1. The smallest absolute Gasteiger partial charge is 0.127 e. The van der Waals surface area contributed by atoms with E-state index >= 15 is 0 Å². The van der Waals surface area contributed by atoms with Crippen LogP contribution in [-0.4, -0.2) is 12.5 Å². The van der Waals surface area contributed by atoms with Crippen LogP contribution in [0.5, 0.6) is 11.5 Å². The second kappa shape index (κ2) is 6.97. The number of halogens is 1. The third kappa shape index (κ3) is 3.58. The molecule has 3 rings (SSSR count). The Hall–Kier alpha value is -1.51. The monoisotopic (exact) mass is 302 g/mol. The van der Waals surface area contributed by atoms with Crippen molar-refractivity contribution in [2.75, 3.05) is 12.5 Å². The Morgan fingerprint density at radius 2 is 1.86 bits per heavy atom. The molecule has 1 fully saturated rings. The van der Waals surface area contributed by atoms with Crippen LogP contribution in [-0.2, 0) is 4.74 Å². The summed E-state index contributed by atoms with van der Waals surface area (Å²) in [6, 6.07) is 17.9. The van der Waals surface area contributed by atoms with Crippen LogP contribution in [0.15, 0.2) is 54.6 Å². The minimum Gasteiger partial charge on any atom is -0.457 e. The van der Waals surface area contributed by atoms with Gasteiger partial charge in [0.15, 0.2) is 0 Å². The number of benzene rings is 2. The maximum absolute atomic E-state index is 6.08. The van der Waals surface area contributed by atoms with Crippen molar-refractivity contribution in [2.45, 2.75) is 18.9 Å². The van der Waals surface area contributed by atoms with E-state index in [2.05, 4.69) is 12.1 Å². The predicted molar refractivity (Wildman–Crippen MR) is 85.1 cm³/mol. The van der Waals surface area contributed by atoms with Gasteiger partial charge in [0.25, 0.3) is 0 Å². The van der Waals surface area contributed by atoms with E-state index in [1.807, 2.05) is 42.5 Å². The topological polar surface area (TPSA) is 18.5 Å². The minimum atomic E-state index is 0.0792. The van der Waals surface area contributed by atoms with Crippen LogP contribution in [0.25, 0.3) is 0 Å². The van der Waals surface area contributed by atoms with E-state index in [1.54, 1.807) is 0 Å². The van der Waals surface area contributed by atoms with Gasteiger partial charge in [-0.25, -0.2) is 0 Å². The lowest BCUT2D eigenvalue weighted by molar-refractivity contribution is -0.0208. The van der Waals surface area contributed by atoms with Crippen LogP contribution in [0.1, 0.15) is 24.5 Å². The van der Waals surface area contributed by atoms with Gasteiger partial charge in [-0.15, -0.1) is 11.6 Å². The Morgan fingerprint density at radius 3 is 2.67 bits per heavy atom. The number of ether oxygens (including phenoxy) is 2. The first-order chi connectivity index (χ1) is 10.4. The third-order valence-electron chi connectivity index (χ3n) is 3.81. The van der Waals surface area contributed by atoms with Gasteiger partial charge in [-0.05, 0) is 42.7 Å². The Bertz CT molecular complexity index is 570. The molecular weight excluding hydrogens is 284 g/mol. The van der Waals surface area contributed by atoms with E-state index in [4.69, 9.17) is 21.1 Å². The molecule has 2 nitrogen and oxygen atoms in total. The molecule has 110 valence electrons. The second-order valence-corrected chi connectivity index (χ2v) is 5.64. The molecule has 2 aromatic rings. The molecular formula is C18H19ClO2. The highest BCUT2D eigenvalue weighted by molar-refractivity contribution is 6.18. The highest BCUT2D eigenvalue weighted by Crippen LogP contribution is 2.36. The van der Waals surface area contributed by atoms with Crippen molar-refractivity contribution in [2.24, 2.45) is 5.92 Å². The summed E-state index contributed by atoms with van der Waals surface area (Å²) in [7, 11) is 0. The molecule has 1 aliphatic heterocycles. The second-order valence-electron chi connectivity index (χ2n) is 5.34. The van der Waals surface area contributed by atoms with Gasteiger partial charge < -0.3 is 9.47 Å². The molecule has 0 bridgehead atoms. The van der Waals surface area contributed by atoms with Gasteiger partial charge in [0.2, 0.25) is 0 Å². The average Bonchev–Trinajstić information content (AvgIpc) is 2.56. The first-order valence-electron chi connectivity index (χ1n) is 7.37. The van der Waals surface area contributed by atoms with Crippen molar-refractivity contribution in [3.63, 3.8) is 0 Å². The lowest BCUT2D eigenvalue weighted by Gasteiger charge is -2.30. The highest BCUT2D eigenvalue weighted by atomic mass is 35.5. The molecule has 0 amide bonds. The normalized spacial score (nSPS) is 22.0. The quantitative estimate of drug-likeness (QED) is 0.724. The fraction of sp³-hybridized carbons (Fsp3) is 0.333. The van der Waals surface area contributed by atoms with Gasteiger partial charge in [-0.1, -0.05) is 30.3 Å². The van der Waals surface area contributed by atoms with Gasteiger partial charge in [-0.2, -0.15) is 0 Å². The molecule has 0 spiro atoms. The van der Waals surface area contributed by atoms with Crippen LogP contribution in [0, 0.1) is 5.92 Å². The number of hydrogen-bond donors (Lipinski definition) is 0. The van der Waals surface area contributed by atoms with Gasteiger partial charge in [0, 0.05) is 18.4 Å². The lowest BCUT2D eigenvalue weighted by atomic mass is 9.91. The van der Waals surface area contributed by atoms with E-state index < -0.39 is 0 Å². The van der Waals surface area contributed by atoms with Crippen molar-refractivity contribution >= 4 is 11.6 Å². The fourth-order valence-corrected chi connectivity index (χ4v) is 3.07. The zero-order valence-corrected chi connectivity index (χ0v) is 12.6. The maximum Gasteiger partial charge on any atom is 0.127 e. The Kier molecular flexibility index (Phi) is 4.79. The summed E-state index contributed by atoms with van der Waals surface area (Å²) < 4.78 is 11.8. The van der Waals surface area contributed by atoms with Gasteiger partial charge >= 0.3 is 0 Å². The van der Waals surface area contributed by atoms with E-state index in [0.29, 0.717) is 11.8 Å².